The summed E-state index contributed by atoms with van der Waals surface area (Å²) in [6, 6.07) is 19.1. The van der Waals surface area contributed by atoms with Crippen LogP contribution in [0.5, 0.6) is 0 Å². The maximum atomic E-state index is 13.1. The van der Waals surface area contributed by atoms with E-state index in [1.807, 2.05) is 44.2 Å². The first kappa shape index (κ1) is 26.2. The number of aromatic amines is 1. The minimum Gasteiger partial charge on any atom is -0.342 e. The normalized spacial score (nSPS) is 11.8. The number of nitriles is 1. The molecule has 0 aliphatic heterocycles. The molecule has 0 radical (unpaired) electrons. The molecule has 4 N–H and O–H groups in total. The van der Waals surface area contributed by atoms with Crippen LogP contribution in [-0.4, -0.2) is 33.7 Å². The third kappa shape index (κ3) is 5.45. The molecule has 38 heavy (non-hydrogen) atoms. The molecule has 0 aliphatic carbocycles. The van der Waals surface area contributed by atoms with Gasteiger partial charge in [0.25, 0.3) is 11.8 Å². The second-order valence-electron chi connectivity index (χ2n) is 9.03. The molecule has 0 fully saturated rings. The predicted molar refractivity (Wildman–Crippen MR) is 144 cm³/mol. The van der Waals surface area contributed by atoms with Crippen molar-refractivity contribution < 1.29 is 19.2 Å². The number of carbonyl (C=O) groups is 4. The van der Waals surface area contributed by atoms with Crippen LogP contribution in [0, 0.1) is 17.2 Å². The Morgan fingerprint density at radius 3 is 2.37 bits per heavy atom. The van der Waals surface area contributed by atoms with Gasteiger partial charge in [-0.15, -0.1) is 11.3 Å². The maximum absolute atomic E-state index is 13.1. The highest BCUT2D eigenvalue weighted by Gasteiger charge is 2.26. The molecule has 1 unspecified atom stereocenters. The third-order valence-electron chi connectivity index (χ3n) is 5.86. The smallest absolute Gasteiger partial charge is 0.262 e. The number of carbonyl (C=O) groups excluding carboxylic acids is 4. The lowest BCUT2D eigenvalue weighted by molar-refractivity contribution is -0.127. The molecule has 0 spiro atoms. The molecule has 0 saturated carbocycles. The second kappa shape index (κ2) is 10.7. The number of hydrogen-bond acceptors (Lipinski definition) is 7. The zero-order valence-electron chi connectivity index (χ0n) is 20.8. The van der Waals surface area contributed by atoms with E-state index in [4.69, 9.17) is 5.26 Å². The van der Waals surface area contributed by atoms with Gasteiger partial charge in [-0.2, -0.15) is 10.4 Å². The van der Waals surface area contributed by atoms with E-state index < -0.39 is 29.1 Å². The van der Waals surface area contributed by atoms with Gasteiger partial charge in [-0.1, -0.05) is 42.5 Å². The number of para-hydroxylation sites is 1. The van der Waals surface area contributed by atoms with Gasteiger partial charge in [-0.25, -0.2) is 0 Å². The van der Waals surface area contributed by atoms with Crippen LogP contribution in [0.25, 0.3) is 10.2 Å². The SMILES string of the molecule is CC(=O)C(C#N)C(=O)Nc1ccccc1C(=O)Nc1[nH]nc2sc(C(=O)NC(C)(C)c3ccccc3)cc12. The molecule has 0 saturated heterocycles. The Labute approximate surface area is 222 Å². The fourth-order valence-electron chi connectivity index (χ4n) is 3.80. The molecule has 4 aromatic rings. The summed E-state index contributed by atoms with van der Waals surface area (Å²) in [5.41, 5.74) is 0.602. The van der Waals surface area contributed by atoms with Gasteiger partial charge >= 0.3 is 0 Å². The number of Topliss-reactive ketones (excluding diaryl/α,β-unsaturated/α-hetero) is 1. The number of ketones is 1. The van der Waals surface area contributed by atoms with Crippen LogP contribution < -0.4 is 16.0 Å². The van der Waals surface area contributed by atoms with Crippen molar-refractivity contribution in [3.63, 3.8) is 0 Å². The largest absolute Gasteiger partial charge is 0.342 e. The number of H-pyrrole nitrogens is 1. The number of nitrogens with one attached hydrogen (secondary N) is 4. The number of nitrogens with zero attached hydrogens (tertiary/aromatic N) is 2. The molecule has 192 valence electrons. The average molecular weight is 529 g/mol. The average Bonchev–Trinajstić information content (AvgIpc) is 3.47. The summed E-state index contributed by atoms with van der Waals surface area (Å²) < 4.78 is 0. The van der Waals surface area contributed by atoms with Crippen LogP contribution in [0.2, 0.25) is 0 Å². The number of rotatable bonds is 8. The van der Waals surface area contributed by atoms with Gasteiger partial charge in [0, 0.05) is 0 Å². The van der Waals surface area contributed by atoms with E-state index in [2.05, 4.69) is 26.1 Å². The summed E-state index contributed by atoms with van der Waals surface area (Å²) in [5, 5.41) is 24.8. The van der Waals surface area contributed by atoms with Crippen LogP contribution in [0.4, 0.5) is 11.5 Å². The highest BCUT2D eigenvalue weighted by molar-refractivity contribution is 7.20. The number of benzene rings is 2. The standard InChI is InChI=1S/C27H24N6O4S/c1-15(34)19(14-28)24(36)29-20-12-8-7-11-17(20)23(35)30-22-18-13-21(38-26(18)33-32-22)25(37)31-27(2,3)16-9-5-4-6-10-16/h4-13,19H,1-3H3,(H,29,36)(H,31,37)(H2,30,32,33,35). The van der Waals surface area contributed by atoms with Gasteiger partial charge in [-0.05, 0) is 44.5 Å². The first-order valence-corrected chi connectivity index (χ1v) is 12.4. The Kier molecular flexibility index (Phi) is 7.36. The molecule has 0 aliphatic rings. The van der Waals surface area contributed by atoms with Crippen LogP contribution in [0.1, 0.15) is 46.4 Å². The topological polar surface area (TPSA) is 157 Å². The van der Waals surface area contributed by atoms with Gasteiger partial charge in [0.05, 0.1) is 33.1 Å². The maximum Gasteiger partial charge on any atom is 0.262 e. The predicted octanol–water partition coefficient (Wildman–Crippen LogP) is 4.21. The molecule has 4 rings (SSSR count). The molecule has 1 atom stereocenters. The van der Waals surface area contributed by atoms with Crippen molar-refractivity contribution >= 4 is 56.6 Å². The van der Waals surface area contributed by atoms with Gasteiger partial charge in [0.1, 0.15) is 10.6 Å². The number of aromatic nitrogens is 2. The lowest BCUT2D eigenvalue weighted by Crippen LogP contribution is -2.40. The molecular weight excluding hydrogens is 504 g/mol. The highest BCUT2D eigenvalue weighted by atomic mass is 32.1. The number of hydrogen-bond donors (Lipinski definition) is 4. The number of fused-ring (bicyclic) bond motifs is 1. The summed E-state index contributed by atoms with van der Waals surface area (Å²) in [7, 11) is 0. The molecule has 11 heteroatoms. The molecule has 3 amide bonds. The molecule has 2 aromatic carbocycles. The molecular formula is C27H24N6O4S. The summed E-state index contributed by atoms with van der Waals surface area (Å²) in [5.74, 6) is -3.47. The lowest BCUT2D eigenvalue weighted by Gasteiger charge is -2.26. The third-order valence-corrected chi connectivity index (χ3v) is 6.89. The van der Waals surface area contributed by atoms with Gasteiger partial charge in [0.15, 0.2) is 11.7 Å². The monoisotopic (exact) mass is 528 g/mol. The van der Waals surface area contributed by atoms with Crippen molar-refractivity contribution in [2.24, 2.45) is 5.92 Å². The first-order chi connectivity index (χ1) is 18.1. The van der Waals surface area contributed by atoms with E-state index in [9.17, 15) is 19.2 Å². The van der Waals surface area contributed by atoms with Crippen molar-refractivity contribution in [3.8, 4) is 6.07 Å². The summed E-state index contributed by atoms with van der Waals surface area (Å²) in [4.78, 5) is 51.0. The second-order valence-corrected chi connectivity index (χ2v) is 10.1. The minimum absolute atomic E-state index is 0.113. The Morgan fingerprint density at radius 1 is 1.00 bits per heavy atom. The van der Waals surface area contributed by atoms with Crippen molar-refractivity contribution in [2.45, 2.75) is 26.3 Å². The number of thiophene rings is 1. The first-order valence-electron chi connectivity index (χ1n) is 11.6. The van der Waals surface area contributed by atoms with Crippen molar-refractivity contribution in [2.75, 3.05) is 10.6 Å². The van der Waals surface area contributed by atoms with E-state index in [0.717, 1.165) is 12.5 Å². The van der Waals surface area contributed by atoms with Crippen LogP contribution in [-0.2, 0) is 15.1 Å². The van der Waals surface area contributed by atoms with Crippen LogP contribution >= 0.6 is 11.3 Å². The molecule has 2 aromatic heterocycles. The van der Waals surface area contributed by atoms with E-state index >= 15 is 0 Å². The fraction of sp³-hybridized carbons (Fsp3) is 0.185. The van der Waals surface area contributed by atoms with Crippen molar-refractivity contribution in [3.05, 3.63) is 76.7 Å². The van der Waals surface area contributed by atoms with Gasteiger partial charge < -0.3 is 16.0 Å². The van der Waals surface area contributed by atoms with Crippen molar-refractivity contribution in [1.29, 1.82) is 5.26 Å². The molecule has 2 heterocycles. The molecule has 10 nitrogen and oxygen atoms in total. The zero-order chi connectivity index (χ0) is 27.4. The minimum atomic E-state index is -1.49. The van der Waals surface area contributed by atoms with E-state index in [1.54, 1.807) is 24.3 Å². The highest BCUT2D eigenvalue weighted by Crippen LogP contribution is 2.31. The number of amides is 3. The Hall–Kier alpha value is -4.82. The van der Waals surface area contributed by atoms with Gasteiger partial charge in [-0.3, -0.25) is 24.3 Å². The van der Waals surface area contributed by atoms with Crippen molar-refractivity contribution in [1.82, 2.24) is 15.5 Å². The summed E-state index contributed by atoms with van der Waals surface area (Å²) in [6.45, 7) is 4.97. The van der Waals surface area contributed by atoms with Gasteiger partial charge in [0.2, 0.25) is 5.91 Å². The quantitative estimate of drug-likeness (QED) is 0.251. The fourth-order valence-corrected chi connectivity index (χ4v) is 4.69. The Balaban J connectivity index is 1.52. The molecule has 0 bridgehead atoms. The van der Waals surface area contributed by atoms with E-state index in [1.165, 1.54) is 23.5 Å². The van der Waals surface area contributed by atoms with Crippen LogP contribution in [0.15, 0.2) is 60.7 Å². The number of anilines is 2. The Morgan fingerprint density at radius 2 is 1.68 bits per heavy atom. The summed E-state index contributed by atoms with van der Waals surface area (Å²) in [6.07, 6.45) is 0. The van der Waals surface area contributed by atoms with Crippen LogP contribution in [0.3, 0.4) is 0 Å². The summed E-state index contributed by atoms with van der Waals surface area (Å²) >= 11 is 1.18. The Bertz CT molecular complexity index is 1580. The van der Waals surface area contributed by atoms with E-state index in [0.29, 0.717) is 15.1 Å². The van der Waals surface area contributed by atoms with E-state index in [-0.39, 0.29) is 23.0 Å². The zero-order valence-corrected chi connectivity index (χ0v) is 21.6. The lowest BCUT2D eigenvalue weighted by atomic mass is 9.94.